The van der Waals surface area contributed by atoms with Gasteiger partial charge in [-0.15, -0.1) is 0 Å². The molecule has 0 saturated carbocycles. The lowest BCUT2D eigenvalue weighted by molar-refractivity contribution is -0.137. The molecule has 1 aromatic heterocycles. The van der Waals surface area contributed by atoms with Crippen LogP contribution in [0.5, 0.6) is 0 Å². The molecule has 1 unspecified atom stereocenters. The molecular formula is C21H25N5O3. The number of hydrogen-bond acceptors (Lipinski definition) is 4. The molecule has 3 heterocycles. The summed E-state index contributed by atoms with van der Waals surface area (Å²) < 4.78 is 0. The van der Waals surface area contributed by atoms with Crippen molar-refractivity contribution in [2.45, 2.75) is 38.1 Å². The first-order valence-corrected chi connectivity index (χ1v) is 9.92. The number of benzene rings is 1. The number of nitrogens with zero attached hydrogens (tertiary/aromatic N) is 3. The maximum absolute atomic E-state index is 12.8. The Hall–Kier alpha value is -3.16. The molecular weight excluding hydrogens is 370 g/mol. The highest BCUT2D eigenvalue weighted by Gasteiger charge is 2.29. The molecule has 2 aromatic rings. The topological polar surface area (TPSA) is 98.4 Å². The minimum Gasteiger partial charge on any atom is -0.341 e. The van der Waals surface area contributed by atoms with E-state index < -0.39 is 0 Å². The zero-order chi connectivity index (χ0) is 20.4. The van der Waals surface area contributed by atoms with Gasteiger partial charge in [-0.25, -0.2) is 0 Å². The largest absolute Gasteiger partial charge is 0.341 e. The number of aromatic amines is 1. The van der Waals surface area contributed by atoms with E-state index >= 15 is 0 Å². The molecule has 1 aromatic carbocycles. The third-order valence-electron chi connectivity index (χ3n) is 5.76. The number of nitrogens with one attached hydrogen (secondary N) is 2. The van der Waals surface area contributed by atoms with Crippen LogP contribution >= 0.6 is 0 Å². The predicted molar refractivity (Wildman–Crippen MR) is 107 cm³/mol. The number of aromatic nitrogens is 2. The standard InChI is InChI=1S/C21H25N5O3/c1-25(20(28)8-14-4-5-16-10-19(27)24-18(16)7-14)17-3-2-6-26(13-17)21(29)9-15-11-22-23-12-15/h4-5,7,11-12,17H,2-3,6,8-10,13H2,1H3,(H,22,23)(H,24,27). The first kappa shape index (κ1) is 19.2. The number of hydrogen-bond donors (Lipinski definition) is 2. The van der Waals surface area contributed by atoms with Gasteiger partial charge in [0, 0.05) is 38.1 Å². The maximum Gasteiger partial charge on any atom is 0.228 e. The van der Waals surface area contributed by atoms with Crippen molar-refractivity contribution in [3.05, 3.63) is 47.3 Å². The molecule has 1 saturated heterocycles. The molecule has 2 aliphatic heterocycles. The highest BCUT2D eigenvalue weighted by Crippen LogP contribution is 2.25. The predicted octanol–water partition coefficient (Wildman–Crippen LogP) is 1.14. The van der Waals surface area contributed by atoms with E-state index in [2.05, 4.69) is 15.5 Å². The second-order valence-corrected chi connectivity index (χ2v) is 7.82. The minimum atomic E-state index is -0.0111. The van der Waals surface area contributed by atoms with Crippen LogP contribution in [0.2, 0.25) is 0 Å². The quantitative estimate of drug-likeness (QED) is 0.793. The number of amides is 3. The number of carbonyl (C=O) groups is 3. The highest BCUT2D eigenvalue weighted by atomic mass is 16.2. The number of H-pyrrole nitrogens is 1. The van der Waals surface area contributed by atoms with Gasteiger partial charge < -0.3 is 15.1 Å². The van der Waals surface area contributed by atoms with Gasteiger partial charge in [-0.3, -0.25) is 19.5 Å². The van der Waals surface area contributed by atoms with E-state index in [0.717, 1.165) is 41.8 Å². The van der Waals surface area contributed by atoms with Crippen LogP contribution in [-0.4, -0.2) is 63.9 Å². The molecule has 0 spiro atoms. The number of likely N-dealkylation sites (tertiary alicyclic amines) is 1. The first-order chi connectivity index (χ1) is 14.0. The minimum absolute atomic E-state index is 0.0111. The van der Waals surface area contributed by atoms with Gasteiger partial charge in [0.1, 0.15) is 0 Å². The number of anilines is 1. The Balaban J connectivity index is 1.35. The van der Waals surface area contributed by atoms with Crippen LogP contribution in [0.1, 0.15) is 29.5 Å². The lowest BCUT2D eigenvalue weighted by atomic mass is 10.0. The van der Waals surface area contributed by atoms with Crippen LogP contribution in [0, 0.1) is 0 Å². The Kier molecular flexibility index (Phi) is 5.33. The average molecular weight is 395 g/mol. The molecule has 0 radical (unpaired) electrons. The normalized spacial score (nSPS) is 18.3. The zero-order valence-corrected chi connectivity index (χ0v) is 16.5. The van der Waals surface area contributed by atoms with E-state index in [1.165, 1.54) is 0 Å². The van der Waals surface area contributed by atoms with E-state index in [1.807, 2.05) is 30.1 Å². The maximum atomic E-state index is 12.8. The van der Waals surface area contributed by atoms with Crippen molar-refractivity contribution < 1.29 is 14.4 Å². The number of fused-ring (bicyclic) bond motifs is 1. The lowest BCUT2D eigenvalue weighted by Crippen LogP contribution is -2.50. The monoisotopic (exact) mass is 395 g/mol. The number of piperidine rings is 1. The summed E-state index contributed by atoms with van der Waals surface area (Å²) in [5.74, 6) is 0.0673. The molecule has 8 heteroatoms. The van der Waals surface area contributed by atoms with Crippen molar-refractivity contribution in [3.8, 4) is 0 Å². The highest BCUT2D eigenvalue weighted by molar-refractivity contribution is 5.99. The van der Waals surface area contributed by atoms with Gasteiger partial charge in [-0.1, -0.05) is 12.1 Å². The molecule has 2 N–H and O–H groups in total. The Bertz CT molecular complexity index is 924. The van der Waals surface area contributed by atoms with E-state index in [9.17, 15) is 14.4 Å². The smallest absolute Gasteiger partial charge is 0.228 e. The summed E-state index contributed by atoms with van der Waals surface area (Å²) in [6.07, 6.45) is 6.15. The van der Waals surface area contributed by atoms with Gasteiger partial charge in [0.15, 0.2) is 0 Å². The van der Waals surface area contributed by atoms with Gasteiger partial charge in [0.25, 0.3) is 0 Å². The van der Waals surface area contributed by atoms with E-state index in [4.69, 9.17) is 0 Å². The fourth-order valence-electron chi connectivity index (χ4n) is 4.03. The van der Waals surface area contributed by atoms with Crippen molar-refractivity contribution in [2.24, 2.45) is 0 Å². The molecule has 0 aliphatic carbocycles. The van der Waals surface area contributed by atoms with E-state index in [-0.39, 0.29) is 30.2 Å². The first-order valence-electron chi connectivity index (χ1n) is 9.92. The Morgan fingerprint density at radius 1 is 1.28 bits per heavy atom. The SMILES string of the molecule is CN(C(=O)Cc1ccc2c(c1)NC(=O)C2)C1CCCN(C(=O)Cc2cn[nH]c2)C1. The molecule has 152 valence electrons. The Morgan fingerprint density at radius 2 is 2.14 bits per heavy atom. The van der Waals surface area contributed by atoms with Crippen LogP contribution in [0.4, 0.5) is 5.69 Å². The number of rotatable bonds is 5. The zero-order valence-electron chi connectivity index (χ0n) is 16.5. The van der Waals surface area contributed by atoms with E-state index in [1.54, 1.807) is 17.3 Å². The van der Waals surface area contributed by atoms with Crippen LogP contribution in [0.3, 0.4) is 0 Å². The molecule has 0 bridgehead atoms. The second kappa shape index (κ2) is 8.06. The van der Waals surface area contributed by atoms with Crippen molar-refractivity contribution in [2.75, 3.05) is 25.5 Å². The van der Waals surface area contributed by atoms with Gasteiger partial charge in [0.2, 0.25) is 17.7 Å². The summed E-state index contributed by atoms with van der Waals surface area (Å²) >= 11 is 0. The summed E-state index contributed by atoms with van der Waals surface area (Å²) in [6.45, 7) is 1.28. The summed E-state index contributed by atoms with van der Waals surface area (Å²) in [5, 5.41) is 9.43. The molecule has 29 heavy (non-hydrogen) atoms. The molecule has 1 atom stereocenters. The molecule has 3 amide bonds. The van der Waals surface area contributed by atoms with Gasteiger partial charge in [0.05, 0.1) is 25.5 Å². The van der Waals surface area contributed by atoms with E-state index in [0.29, 0.717) is 19.4 Å². The van der Waals surface area contributed by atoms with Crippen molar-refractivity contribution in [1.82, 2.24) is 20.0 Å². The molecule has 4 rings (SSSR count). The summed E-state index contributed by atoms with van der Waals surface area (Å²) in [5.41, 5.74) is 3.52. The number of likely N-dealkylation sites (N-methyl/N-ethyl adjacent to an activating group) is 1. The molecule has 2 aliphatic rings. The van der Waals surface area contributed by atoms with Crippen LogP contribution < -0.4 is 5.32 Å². The van der Waals surface area contributed by atoms with Crippen molar-refractivity contribution in [1.29, 1.82) is 0 Å². The lowest BCUT2D eigenvalue weighted by Gasteiger charge is -2.37. The molecule has 1 fully saturated rings. The average Bonchev–Trinajstić information content (AvgIpc) is 3.35. The van der Waals surface area contributed by atoms with Crippen LogP contribution in [-0.2, 0) is 33.6 Å². The second-order valence-electron chi connectivity index (χ2n) is 7.82. The molecule has 8 nitrogen and oxygen atoms in total. The number of carbonyl (C=O) groups excluding carboxylic acids is 3. The summed E-state index contributed by atoms with van der Waals surface area (Å²) in [4.78, 5) is 40.5. The Labute approximate surface area is 169 Å². The van der Waals surface area contributed by atoms with Crippen molar-refractivity contribution >= 4 is 23.4 Å². The van der Waals surface area contributed by atoms with Crippen LogP contribution in [0.25, 0.3) is 0 Å². The van der Waals surface area contributed by atoms with Gasteiger partial charge in [-0.2, -0.15) is 5.10 Å². The third kappa shape index (κ3) is 4.31. The van der Waals surface area contributed by atoms with Crippen LogP contribution in [0.15, 0.2) is 30.6 Å². The fourth-order valence-corrected chi connectivity index (χ4v) is 4.03. The Morgan fingerprint density at radius 3 is 2.93 bits per heavy atom. The van der Waals surface area contributed by atoms with Gasteiger partial charge >= 0.3 is 0 Å². The fraction of sp³-hybridized carbons (Fsp3) is 0.429. The van der Waals surface area contributed by atoms with Crippen molar-refractivity contribution in [3.63, 3.8) is 0 Å². The van der Waals surface area contributed by atoms with Gasteiger partial charge in [-0.05, 0) is 35.6 Å². The summed E-state index contributed by atoms with van der Waals surface area (Å²) in [6, 6.07) is 5.71. The third-order valence-corrected chi connectivity index (χ3v) is 5.76. The summed E-state index contributed by atoms with van der Waals surface area (Å²) in [7, 11) is 1.81.